The third-order valence-electron chi connectivity index (χ3n) is 4.68. The Morgan fingerprint density at radius 2 is 1.18 bits per heavy atom. The molecule has 1 aromatic carbocycles. The van der Waals surface area contributed by atoms with E-state index in [0.717, 1.165) is 9.40 Å². The van der Waals surface area contributed by atoms with E-state index in [2.05, 4.69) is 20.6 Å². The molecule has 3 aromatic rings. The van der Waals surface area contributed by atoms with Crippen LogP contribution >= 0.6 is 22.7 Å². The zero-order valence-electron chi connectivity index (χ0n) is 18.5. The van der Waals surface area contributed by atoms with Gasteiger partial charge in [-0.15, -0.1) is 0 Å². The SMILES string of the molecule is CCN(C(=O)CNCC(=O)O)c1nc2cc3nc(N(CC)C(=O)CNCC(=O)O)sc3cc2s1. The van der Waals surface area contributed by atoms with Gasteiger partial charge in [0.15, 0.2) is 10.3 Å². The summed E-state index contributed by atoms with van der Waals surface area (Å²) >= 11 is 2.68. The van der Waals surface area contributed by atoms with Gasteiger partial charge in [-0.3, -0.25) is 39.6 Å². The van der Waals surface area contributed by atoms with E-state index in [0.29, 0.717) is 34.4 Å². The first kappa shape index (κ1) is 25.4. The monoisotopic (exact) mass is 508 g/mol. The van der Waals surface area contributed by atoms with Crippen molar-refractivity contribution in [2.75, 3.05) is 49.1 Å². The highest BCUT2D eigenvalue weighted by atomic mass is 32.1. The zero-order chi connectivity index (χ0) is 24.8. The predicted molar refractivity (Wildman–Crippen MR) is 130 cm³/mol. The number of nitrogens with zero attached hydrogens (tertiary/aromatic N) is 4. The van der Waals surface area contributed by atoms with Crippen molar-refractivity contribution in [2.45, 2.75) is 13.8 Å². The van der Waals surface area contributed by atoms with Crippen molar-refractivity contribution in [2.24, 2.45) is 0 Å². The Morgan fingerprint density at radius 3 is 1.53 bits per heavy atom. The summed E-state index contributed by atoms with van der Waals surface area (Å²) in [5, 5.41) is 23.6. The molecule has 4 N–H and O–H groups in total. The van der Waals surface area contributed by atoms with Crippen LogP contribution in [0.4, 0.5) is 10.3 Å². The van der Waals surface area contributed by atoms with Crippen molar-refractivity contribution in [1.82, 2.24) is 20.6 Å². The highest BCUT2D eigenvalue weighted by molar-refractivity contribution is 7.24. The standard InChI is InChI=1S/C20H24N6O6S2/c1-3-25(15(27)7-21-9-17(29)30)19-23-11-5-12-14(6-13(11)33-19)34-20(24-12)26(4-2)16(28)8-22-10-18(31)32/h5-6,21-22H,3-4,7-10H2,1-2H3,(H,29,30)(H,31,32). The van der Waals surface area contributed by atoms with Crippen molar-refractivity contribution in [3.8, 4) is 0 Å². The molecule has 0 fully saturated rings. The molecule has 0 unspecified atom stereocenters. The number of carboxylic acids is 2. The number of benzene rings is 1. The number of rotatable bonds is 12. The van der Waals surface area contributed by atoms with E-state index in [1.165, 1.54) is 32.5 Å². The normalized spacial score (nSPS) is 11.1. The molecule has 0 aliphatic carbocycles. The number of thiazole rings is 2. The number of hydrogen-bond acceptors (Lipinski definition) is 10. The summed E-state index contributed by atoms with van der Waals surface area (Å²) in [7, 11) is 0. The van der Waals surface area contributed by atoms with Gasteiger partial charge in [0, 0.05) is 13.1 Å². The highest BCUT2D eigenvalue weighted by Crippen LogP contribution is 2.36. The summed E-state index contributed by atoms with van der Waals surface area (Å²) in [6.07, 6.45) is 0. The molecule has 0 saturated heterocycles. The van der Waals surface area contributed by atoms with E-state index < -0.39 is 11.9 Å². The lowest BCUT2D eigenvalue weighted by Crippen LogP contribution is -2.39. The maximum atomic E-state index is 12.5. The Balaban J connectivity index is 1.80. The van der Waals surface area contributed by atoms with Gasteiger partial charge in [0.1, 0.15) is 0 Å². The van der Waals surface area contributed by atoms with Crippen LogP contribution in [0, 0.1) is 0 Å². The molecule has 34 heavy (non-hydrogen) atoms. The molecule has 2 amide bonds. The van der Waals surface area contributed by atoms with Crippen LogP contribution in [-0.2, 0) is 19.2 Å². The van der Waals surface area contributed by atoms with Crippen LogP contribution in [0.5, 0.6) is 0 Å². The first-order valence-electron chi connectivity index (χ1n) is 10.4. The van der Waals surface area contributed by atoms with E-state index in [9.17, 15) is 19.2 Å². The molecule has 14 heteroatoms. The lowest BCUT2D eigenvalue weighted by Gasteiger charge is -2.17. The van der Waals surface area contributed by atoms with E-state index in [4.69, 9.17) is 10.2 Å². The number of aliphatic carboxylic acids is 2. The third kappa shape index (κ3) is 6.02. The van der Waals surface area contributed by atoms with Crippen molar-refractivity contribution in [1.29, 1.82) is 0 Å². The van der Waals surface area contributed by atoms with Gasteiger partial charge in [-0.2, -0.15) is 0 Å². The molecule has 2 aromatic heterocycles. The van der Waals surface area contributed by atoms with Gasteiger partial charge in [-0.05, 0) is 26.0 Å². The van der Waals surface area contributed by atoms with Gasteiger partial charge in [0.25, 0.3) is 0 Å². The molecule has 0 spiro atoms. The number of hydrogen-bond donors (Lipinski definition) is 4. The molecule has 0 bridgehead atoms. The summed E-state index contributed by atoms with van der Waals surface area (Å²) in [4.78, 5) is 58.4. The van der Waals surface area contributed by atoms with Crippen molar-refractivity contribution < 1.29 is 29.4 Å². The van der Waals surface area contributed by atoms with Gasteiger partial charge in [-0.1, -0.05) is 22.7 Å². The summed E-state index contributed by atoms with van der Waals surface area (Å²) in [6, 6.07) is 3.71. The lowest BCUT2D eigenvalue weighted by atomic mass is 10.3. The number of carbonyl (C=O) groups excluding carboxylic acids is 2. The summed E-state index contributed by atoms with van der Waals surface area (Å²) < 4.78 is 1.69. The smallest absolute Gasteiger partial charge is 0.317 e. The third-order valence-corrected chi connectivity index (χ3v) is 6.76. The number of likely N-dealkylation sites (N-methyl/N-ethyl adjacent to an activating group) is 2. The Morgan fingerprint density at radius 1 is 0.765 bits per heavy atom. The topological polar surface area (TPSA) is 165 Å². The number of amides is 2. The molecule has 0 aliphatic rings. The van der Waals surface area contributed by atoms with Crippen LogP contribution in [-0.4, -0.2) is 83.2 Å². The van der Waals surface area contributed by atoms with E-state index in [1.54, 1.807) is 6.07 Å². The Hall–Kier alpha value is -3.20. The first-order valence-corrected chi connectivity index (χ1v) is 12.0. The molecule has 0 atom stereocenters. The summed E-state index contributed by atoms with van der Waals surface area (Å²) in [6.45, 7) is 3.56. The molecule has 0 saturated carbocycles. The van der Waals surface area contributed by atoms with E-state index in [1.807, 2.05) is 19.9 Å². The number of carboxylic acid groups (broad SMARTS) is 2. The number of anilines is 2. The van der Waals surface area contributed by atoms with Gasteiger partial charge in [-0.25, -0.2) is 9.97 Å². The zero-order valence-corrected chi connectivity index (χ0v) is 20.2. The van der Waals surface area contributed by atoms with Crippen LogP contribution in [0.3, 0.4) is 0 Å². The van der Waals surface area contributed by atoms with Gasteiger partial charge in [0.05, 0.1) is 46.6 Å². The Kier molecular flexibility index (Phi) is 8.44. The summed E-state index contributed by atoms with van der Waals surface area (Å²) in [5.74, 6) is -2.64. The minimum atomic E-state index is -1.04. The second-order valence-electron chi connectivity index (χ2n) is 7.05. The van der Waals surface area contributed by atoms with Crippen molar-refractivity contribution >= 4 is 77.1 Å². The maximum absolute atomic E-state index is 12.5. The van der Waals surface area contributed by atoms with Crippen LogP contribution in [0.1, 0.15) is 13.8 Å². The predicted octanol–water partition coefficient (Wildman–Crippen LogP) is 0.960. The number of nitrogens with one attached hydrogen (secondary N) is 2. The fourth-order valence-electron chi connectivity index (χ4n) is 3.14. The minimum Gasteiger partial charge on any atom is -0.480 e. The molecule has 182 valence electrons. The lowest BCUT2D eigenvalue weighted by molar-refractivity contribution is -0.137. The Bertz CT molecular complexity index is 1080. The van der Waals surface area contributed by atoms with Gasteiger partial charge < -0.3 is 10.2 Å². The Labute approximate surface area is 202 Å². The fourth-order valence-corrected chi connectivity index (χ4v) is 5.35. The molecule has 0 aliphatic heterocycles. The molecule has 0 radical (unpaired) electrons. The first-order chi connectivity index (χ1) is 16.2. The average molecular weight is 509 g/mol. The molecular weight excluding hydrogens is 484 g/mol. The summed E-state index contributed by atoms with van der Waals surface area (Å²) in [5.41, 5.74) is 1.32. The van der Waals surface area contributed by atoms with Crippen LogP contribution in [0.15, 0.2) is 12.1 Å². The molecule has 12 nitrogen and oxygen atoms in total. The fraction of sp³-hybridized carbons (Fsp3) is 0.400. The largest absolute Gasteiger partial charge is 0.480 e. The maximum Gasteiger partial charge on any atom is 0.317 e. The second kappa shape index (κ2) is 11.3. The number of aromatic nitrogens is 2. The number of fused-ring (bicyclic) bond motifs is 2. The quantitative estimate of drug-likeness (QED) is 0.277. The molecule has 3 rings (SSSR count). The molecular formula is C20H24N6O6S2. The van der Waals surface area contributed by atoms with Crippen LogP contribution in [0.25, 0.3) is 20.4 Å². The van der Waals surface area contributed by atoms with Gasteiger partial charge >= 0.3 is 11.9 Å². The van der Waals surface area contributed by atoms with Crippen molar-refractivity contribution in [3.63, 3.8) is 0 Å². The van der Waals surface area contributed by atoms with Crippen LogP contribution in [0.2, 0.25) is 0 Å². The van der Waals surface area contributed by atoms with E-state index >= 15 is 0 Å². The highest BCUT2D eigenvalue weighted by Gasteiger charge is 2.21. The molecule has 2 heterocycles. The minimum absolute atomic E-state index is 0.113. The number of carbonyl (C=O) groups is 4. The van der Waals surface area contributed by atoms with Crippen LogP contribution < -0.4 is 20.4 Å². The van der Waals surface area contributed by atoms with E-state index in [-0.39, 0.29) is 38.0 Å². The average Bonchev–Trinajstić information content (AvgIpc) is 3.35. The van der Waals surface area contributed by atoms with Crippen molar-refractivity contribution in [3.05, 3.63) is 12.1 Å². The van der Waals surface area contributed by atoms with Gasteiger partial charge in [0.2, 0.25) is 11.8 Å². The second-order valence-corrected chi connectivity index (χ2v) is 9.07.